The van der Waals surface area contributed by atoms with Crippen LogP contribution in [-0.4, -0.2) is 74.8 Å². The maximum absolute atomic E-state index is 13.1. The molecule has 36 heavy (non-hydrogen) atoms. The predicted octanol–water partition coefficient (Wildman–Crippen LogP) is 0.370. The van der Waals surface area contributed by atoms with Gasteiger partial charge in [-0.15, -0.1) is 0 Å². The van der Waals surface area contributed by atoms with Crippen LogP contribution in [0.25, 0.3) is 22.1 Å². The second-order valence-electron chi connectivity index (χ2n) is 8.04. The van der Waals surface area contributed by atoms with Crippen LogP contribution in [0.2, 0.25) is 0 Å². The number of esters is 1. The van der Waals surface area contributed by atoms with Crippen LogP contribution in [0.1, 0.15) is 6.42 Å². The fourth-order valence-electron chi connectivity index (χ4n) is 3.69. The Hall–Kier alpha value is -3.97. The van der Waals surface area contributed by atoms with E-state index in [4.69, 9.17) is 23.7 Å². The summed E-state index contributed by atoms with van der Waals surface area (Å²) in [6.07, 6.45) is -7.77. The summed E-state index contributed by atoms with van der Waals surface area (Å²) in [5, 5.41) is 49.0. The molecule has 5 N–H and O–H groups in total. The Labute approximate surface area is 202 Å². The van der Waals surface area contributed by atoms with Crippen LogP contribution in [-0.2, 0) is 19.1 Å². The van der Waals surface area contributed by atoms with E-state index < -0.39 is 61.1 Å². The molecule has 190 valence electrons. The molecular weight excluding hydrogens is 480 g/mol. The van der Waals surface area contributed by atoms with Gasteiger partial charge in [-0.05, 0) is 29.8 Å². The van der Waals surface area contributed by atoms with E-state index in [0.29, 0.717) is 5.56 Å². The number of rotatable bonds is 7. The minimum absolute atomic E-state index is 0.0175. The maximum atomic E-state index is 13.1. The van der Waals surface area contributed by atoms with Crippen molar-refractivity contribution < 1.29 is 53.7 Å². The molecule has 1 aromatic heterocycles. The number of ether oxygens (including phenoxy) is 3. The Balaban J connectivity index is 1.57. The highest BCUT2D eigenvalue weighted by molar-refractivity contribution is 5.90. The molecule has 5 unspecified atom stereocenters. The average molecular weight is 502 g/mol. The van der Waals surface area contributed by atoms with E-state index in [1.54, 1.807) is 12.1 Å². The van der Waals surface area contributed by atoms with Crippen molar-refractivity contribution in [3.8, 4) is 22.6 Å². The van der Waals surface area contributed by atoms with Crippen LogP contribution in [0.4, 0.5) is 0 Å². The summed E-state index contributed by atoms with van der Waals surface area (Å²) in [5.74, 6) is -2.48. The van der Waals surface area contributed by atoms with Gasteiger partial charge in [-0.3, -0.25) is 14.4 Å². The molecule has 0 amide bonds. The van der Waals surface area contributed by atoms with Crippen molar-refractivity contribution in [1.82, 2.24) is 0 Å². The van der Waals surface area contributed by atoms with E-state index in [9.17, 15) is 34.8 Å². The number of benzene rings is 2. The van der Waals surface area contributed by atoms with E-state index in [1.165, 1.54) is 36.6 Å². The number of aliphatic carboxylic acids is 1. The fraction of sp³-hybridized carbons (Fsp3) is 0.292. The van der Waals surface area contributed by atoms with Gasteiger partial charge in [-0.2, -0.15) is 0 Å². The largest absolute Gasteiger partial charge is 0.508 e. The molecule has 2 aromatic carbocycles. The molecule has 1 saturated heterocycles. The molecule has 1 aliphatic heterocycles. The third-order valence-corrected chi connectivity index (χ3v) is 5.56. The number of hydrogen-bond donors (Lipinski definition) is 5. The molecule has 0 saturated carbocycles. The highest BCUT2D eigenvalue weighted by atomic mass is 16.7. The molecule has 0 spiro atoms. The maximum Gasteiger partial charge on any atom is 0.317 e. The SMILES string of the molecule is O=C(O)CC(=O)OCC1OC(Oc2cccc3c(=O)c(-c4ccc(O)cc4)coc23)C(O)C(O)C1O. The van der Waals surface area contributed by atoms with Gasteiger partial charge in [0.15, 0.2) is 11.3 Å². The van der Waals surface area contributed by atoms with Gasteiger partial charge in [0.05, 0.1) is 10.9 Å². The van der Waals surface area contributed by atoms with E-state index in [0.717, 1.165) is 0 Å². The number of aromatic hydroxyl groups is 1. The number of carboxylic acid groups (broad SMARTS) is 1. The van der Waals surface area contributed by atoms with Gasteiger partial charge in [0.25, 0.3) is 0 Å². The number of carboxylic acids is 1. The second kappa shape index (κ2) is 10.3. The number of hydrogen-bond acceptors (Lipinski definition) is 11. The number of carbonyl (C=O) groups is 2. The van der Waals surface area contributed by atoms with Gasteiger partial charge in [0, 0.05) is 0 Å². The third-order valence-electron chi connectivity index (χ3n) is 5.56. The first kappa shape index (κ1) is 25.1. The Morgan fingerprint density at radius 3 is 2.39 bits per heavy atom. The summed E-state index contributed by atoms with van der Waals surface area (Å²) in [6, 6.07) is 10.4. The van der Waals surface area contributed by atoms with Crippen LogP contribution < -0.4 is 10.2 Å². The molecule has 0 aliphatic carbocycles. The smallest absolute Gasteiger partial charge is 0.317 e. The van der Waals surface area contributed by atoms with E-state index >= 15 is 0 Å². The first-order chi connectivity index (χ1) is 17.2. The average Bonchev–Trinajstić information content (AvgIpc) is 2.84. The minimum Gasteiger partial charge on any atom is -0.508 e. The van der Waals surface area contributed by atoms with Gasteiger partial charge >= 0.3 is 11.9 Å². The van der Waals surface area contributed by atoms with Gasteiger partial charge in [-0.1, -0.05) is 18.2 Å². The molecular formula is C24H22O12. The van der Waals surface area contributed by atoms with Crippen molar-refractivity contribution in [1.29, 1.82) is 0 Å². The van der Waals surface area contributed by atoms with Crippen molar-refractivity contribution in [2.24, 2.45) is 0 Å². The topological polar surface area (TPSA) is 193 Å². The van der Waals surface area contributed by atoms with Gasteiger partial charge in [-0.25, -0.2) is 0 Å². The normalized spacial score (nSPS) is 23.8. The Morgan fingerprint density at radius 2 is 1.69 bits per heavy atom. The second-order valence-corrected chi connectivity index (χ2v) is 8.04. The lowest BCUT2D eigenvalue weighted by Crippen LogP contribution is -2.60. The van der Waals surface area contributed by atoms with Crippen molar-refractivity contribution in [3.63, 3.8) is 0 Å². The zero-order valence-electron chi connectivity index (χ0n) is 18.5. The van der Waals surface area contributed by atoms with Crippen molar-refractivity contribution in [2.75, 3.05) is 6.61 Å². The van der Waals surface area contributed by atoms with Crippen LogP contribution in [0.15, 0.2) is 57.9 Å². The quantitative estimate of drug-likeness (QED) is 0.220. The number of phenolic OH excluding ortho intramolecular Hbond substituents is 1. The zero-order chi connectivity index (χ0) is 26.0. The number of para-hydroxylation sites is 1. The number of carbonyl (C=O) groups excluding carboxylic acids is 1. The fourth-order valence-corrected chi connectivity index (χ4v) is 3.69. The summed E-state index contributed by atoms with van der Waals surface area (Å²) in [4.78, 5) is 35.2. The standard InChI is InChI=1S/C24H22O12/c25-12-6-4-11(5-7-12)14-9-34-23-13(19(14)29)2-1-3-15(23)35-24-22(32)21(31)20(30)16(36-24)10-33-18(28)8-17(26)27/h1-7,9,16,20-22,24-25,30-32H,8,10H2,(H,26,27). The Kier molecular flexibility index (Phi) is 7.22. The van der Waals surface area contributed by atoms with E-state index in [2.05, 4.69) is 0 Å². The van der Waals surface area contributed by atoms with Crippen LogP contribution in [0.5, 0.6) is 11.5 Å². The summed E-state index contributed by atoms with van der Waals surface area (Å²) in [6.45, 7) is -0.614. The van der Waals surface area contributed by atoms with Gasteiger partial charge in [0.2, 0.25) is 11.7 Å². The van der Waals surface area contributed by atoms with Gasteiger partial charge in [0.1, 0.15) is 49.5 Å². The third kappa shape index (κ3) is 5.16. The molecule has 4 rings (SSSR count). The predicted molar refractivity (Wildman–Crippen MR) is 120 cm³/mol. The highest BCUT2D eigenvalue weighted by Gasteiger charge is 2.45. The monoisotopic (exact) mass is 502 g/mol. The molecule has 0 bridgehead atoms. The number of phenols is 1. The number of fused-ring (bicyclic) bond motifs is 1. The zero-order valence-corrected chi connectivity index (χ0v) is 18.5. The van der Waals surface area contributed by atoms with E-state index in [1.807, 2.05) is 0 Å². The summed E-state index contributed by atoms with van der Waals surface area (Å²) >= 11 is 0. The van der Waals surface area contributed by atoms with Crippen molar-refractivity contribution >= 4 is 22.9 Å². The van der Waals surface area contributed by atoms with Crippen LogP contribution >= 0.6 is 0 Å². The molecule has 1 aliphatic rings. The molecule has 2 heterocycles. The summed E-state index contributed by atoms with van der Waals surface area (Å²) in [5.41, 5.74) is 0.371. The first-order valence-corrected chi connectivity index (χ1v) is 10.7. The number of aliphatic hydroxyl groups is 3. The van der Waals surface area contributed by atoms with Crippen LogP contribution in [0.3, 0.4) is 0 Å². The summed E-state index contributed by atoms with van der Waals surface area (Å²) < 4.78 is 21.6. The molecule has 5 atom stereocenters. The lowest BCUT2D eigenvalue weighted by Gasteiger charge is -2.39. The minimum atomic E-state index is -1.75. The Bertz CT molecular complexity index is 1310. The number of aliphatic hydroxyl groups excluding tert-OH is 3. The lowest BCUT2D eigenvalue weighted by atomic mass is 9.99. The lowest BCUT2D eigenvalue weighted by molar-refractivity contribution is -0.278. The van der Waals surface area contributed by atoms with Gasteiger partial charge < -0.3 is 44.2 Å². The molecule has 1 fully saturated rings. The molecule has 12 heteroatoms. The van der Waals surface area contributed by atoms with Crippen LogP contribution in [0, 0.1) is 0 Å². The molecule has 0 radical (unpaired) electrons. The highest BCUT2D eigenvalue weighted by Crippen LogP contribution is 2.31. The first-order valence-electron chi connectivity index (χ1n) is 10.7. The Morgan fingerprint density at radius 1 is 0.972 bits per heavy atom. The van der Waals surface area contributed by atoms with E-state index in [-0.39, 0.29) is 28.0 Å². The van der Waals surface area contributed by atoms with Crippen molar-refractivity contribution in [3.05, 3.63) is 59.0 Å². The molecule has 12 nitrogen and oxygen atoms in total. The molecule has 3 aromatic rings. The van der Waals surface area contributed by atoms with Crippen molar-refractivity contribution in [2.45, 2.75) is 37.1 Å². The summed E-state index contributed by atoms with van der Waals surface area (Å²) in [7, 11) is 0.